The minimum atomic E-state index is -3.42. The molecule has 0 atom stereocenters. The van der Waals surface area contributed by atoms with Gasteiger partial charge in [-0.25, -0.2) is 13.1 Å². The fourth-order valence-corrected chi connectivity index (χ4v) is 3.49. The molecule has 0 aromatic carbocycles. The first-order valence-electron chi connectivity index (χ1n) is 4.07. The molecule has 1 aromatic rings. The zero-order valence-electron chi connectivity index (χ0n) is 7.86. The van der Waals surface area contributed by atoms with E-state index < -0.39 is 10.0 Å². The number of halogens is 1. The maximum Gasteiger partial charge on any atom is 0.250 e. The summed E-state index contributed by atoms with van der Waals surface area (Å²) in [6.07, 6.45) is 0. The van der Waals surface area contributed by atoms with Crippen molar-refractivity contribution in [1.82, 2.24) is 4.72 Å². The largest absolute Gasteiger partial charge is 0.326 e. The molecule has 0 bridgehead atoms. The summed E-state index contributed by atoms with van der Waals surface area (Å²) in [5.74, 6) is 0. The molecule has 0 aliphatic carbocycles. The van der Waals surface area contributed by atoms with Gasteiger partial charge in [-0.2, -0.15) is 0 Å². The van der Waals surface area contributed by atoms with Crippen LogP contribution < -0.4 is 10.5 Å². The highest BCUT2D eigenvalue weighted by Gasteiger charge is 2.15. The number of nitrogens with one attached hydrogen (secondary N) is 1. The van der Waals surface area contributed by atoms with Crippen molar-refractivity contribution < 1.29 is 8.42 Å². The van der Waals surface area contributed by atoms with Crippen LogP contribution in [0.15, 0.2) is 27.4 Å². The van der Waals surface area contributed by atoms with E-state index in [0.717, 1.165) is 4.88 Å². The molecule has 7 heteroatoms. The second-order valence-corrected chi connectivity index (χ2v) is 7.05. The van der Waals surface area contributed by atoms with Crippen LogP contribution in [0.5, 0.6) is 0 Å². The average Bonchev–Trinajstić information content (AvgIpc) is 2.63. The highest BCUT2D eigenvalue weighted by atomic mass is 79.9. The fraction of sp³-hybridized carbons (Fsp3) is 0.250. The van der Waals surface area contributed by atoms with Gasteiger partial charge in [0.25, 0.3) is 0 Å². The van der Waals surface area contributed by atoms with E-state index in [1.807, 2.05) is 0 Å². The third kappa shape index (κ3) is 3.69. The van der Waals surface area contributed by atoms with Crippen molar-refractivity contribution in [2.24, 2.45) is 5.73 Å². The van der Waals surface area contributed by atoms with Crippen LogP contribution in [-0.4, -0.2) is 15.0 Å². The molecular formula is C8H11BrN2O2S2. The molecule has 0 unspecified atom stereocenters. The third-order valence-corrected chi connectivity index (χ3v) is 4.84. The molecule has 0 aliphatic rings. The maximum atomic E-state index is 11.7. The summed E-state index contributed by atoms with van der Waals surface area (Å²) < 4.78 is 26.6. The molecule has 1 heterocycles. The van der Waals surface area contributed by atoms with Crippen LogP contribution in [0.4, 0.5) is 0 Å². The summed E-state index contributed by atoms with van der Waals surface area (Å²) in [4.78, 5) is 0.841. The Labute approximate surface area is 101 Å². The highest BCUT2D eigenvalue weighted by molar-refractivity contribution is 9.11. The number of rotatable bonds is 5. The number of sulfonamides is 1. The minimum Gasteiger partial charge on any atom is -0.326 e. The summed E-state index contributed by atoms with van der Waals surface area (Å²) in [6.45, 7) is 4.08. The molecule has 1 rings (SSSR count). The number of nitrogens with two attached hydrogens (primary N) is 1. The Kier molecular flexibility index (Phi) is 4.47. The van der Waals surface area contributed by atoms with Crippen molar-refractivity contribution in [3.05, 3.63) is 28.1 Å². The first-order chi connectivity index (χ1) is 6.95. The van der Waals surface area contributed by atoms with Gasteiger partial charge in [-0.05, 0) is 12.1 Å². The van der Waals surface area contributed by atoms with Crippen molar-refractivity contribution in [3.63, 3.8) is 0 Å². The van der Waals surface area contributed by atoms with Gasteiger partial charge in [-0.15, -0.1) is 11.3 Å². The summed E-state index contributed by atoms with van der Waals surface area (Å²) in [5, 5.41) is 0. The topological polar surface area (TPSA) is 72.2 Å². The van der Waals surface area contributed by atoms with E-state index in [1.54, 1.807) is 12.1 Å². The Morgan fingerprint density at radius 2 is 2.27 bits per heavy atom. The van der Waals surface area contributed by atoms with Gasteiger partial charge in [0.15, 0.2) is 0 Å². The van der Waals surface area contributed by atoms with Gasteiger partial charge in [0.05, 0.1) is 0 Å². The molecule has 0 amide bonds. The molecule has 84 valence electrons. The average molecular weight is 311 g/mol. The van der Waals surface area contributed by atoms with Crippen LogP contribution in [0.3, 0.4) is 0 Å². The van der Waals surface area contributed by atoms with Crippen LogP contribution in [0.25, 0.3) is 0 Å². The van der Waals surface area contributed by atoms with Crippen LogP contribution >= 0.6 is 27.3 Å². The molecule has 0 saturated heterocycles. The fourth-order valence-electron chi connectivity index (χ4n) is 0.857. The van der Waals surface area contributed by atoms with Crippen molar-refractivity contribution in [2.45, 2.75) is 10.8 Å². The molecule has 4 nitrogen and oxygen atoms in total. The highest BCUT2D eigenvalue weighted by Crippen LogP contribution is 2.20. The second-order valence-electron chi connectivity index (χ2n) is 2.77. The molecule has 0 fully saturated rings. The monoisotopic (exact) mass is 310 g/mol. The molecule has 3 N–H and O–H groups in total. The summed E-state index contributed by atoms with van der Waals surface area (Å²) in [7, 11) is -3.42. The molecule has 0 aliphatic heterocycles. The summed E-state index contributed by atoms with van der Waals surface area (Å²) >= 11 is 4.25. The predicted octanol–water partition coefficient (Wildman–Crippen LogP) is 1.39. The smallest absolute Gasteiger partial charge is 0.250 e. The Bertz CT molecular complexity index is 453. The maximum absolute atomic E-state index is 11.7. The summed E-state index contributed by atoms with van der Waals surface area (Å²) in [6, 6.07) is 3.26. The van der Waals surface area contributed by atoms with Crippen LogP contribution in [0.1, 0.15) is 4.88 Å². The van der Waals surface area contributed by atoms with Crippen LogP contribution in [-0.2, 0) is 16.6 Å². The molecule has 15 heavy (non-hydrogen) atoms. The first-order valence-corrected chi connectivity index (χ1v) is 7.16. The quantitative estimate of drug-likeness (QED) is 0.863. The van der Waals surface area contributed by atoms with Gasteiger partial charge in [-0.3, -0.25) is 0 Å². The van der Waals surface area contributed by atoms with Gasteiger partial charge in [0, 0.05) is 22.4 Å². The van der Waals surface area contributed by atoms with E-state index in [0.29, 0.717) is 11.0 Å². The second kappa shape index (κ2) is 5.22. The van der Waals surface area contributed by atoms with Crippen molar-refractivity contribution in [2.75, 3.05) is 6.54 Å². The number of hydrogen-bond acceptors (Lipinski definition) is 4. The first kappa shape index (κ1) is 12.9. The zero-order chi connectivity index (χ0) is 11.5. The number of thiophene rings is 1. The number of hydrogen-bond donors (Lipinski definition) is 2. The lowest BCUT2D eigenvalue weighted by Gasteiger charge is -2.02. The molecule has 1 aromatic heterocycles. The van der Waals surface area contributed by atoms with E-state index in [-0.39, 0.29) is 10.8 Å². The molecule has 0 spiro atoms. The van der Waals surface area contributed by atoms with Gasteiger partial charge < -0.3 is 5.73 Å². The van der Waals surface area contributed by atoms with Crippen LogP contribution in [0, 0.1) is 0 Å². The lowest BCUT2D eigenvalue weighted by Crippen LogP contribution is -2.23. The van der Waals surface area contributed by atoms with Crippen LogP contribution in [0.2, 0.25) is 0 Å². The Balaban J connectivity index is 2.81. The van der Waals surface area contributed by atoms with Gasteiger partial charge in [0.1, 0.15) is 4.21 Å². The molecular weight excluding hydrogens is 300 g/mol. The van der Waals surface area contributed by atoms with E-state index in [1.165, 1.54) is 11.3 Å². The normalized spacial score (nSPS) is 11.6. The van der Waals surface area contributed by atoms with E-state index in [4.69, 9.17) is 5.73 Å². The van der Waals surface area contributed by atoms with E-state index in [9.17, 15) is 8.42 Å². The van der Waals surface area contributed by atoms with Gasteiger partial charge in [0.2, 0.25) is 10.0 Å². The third-order valence-electron chi connectivity index (χ3n) is 1.56. The van der Waals surface area contributed by atoms with E-state index in [2.05, 4.69) is 27.2 Å². The Hall–Kier alpha value is -0.210. The Morgan fingerprint density at radius 1 is 1.60 bits per heavy atom. The van der Waals surface area contributed by atoms with Gasteiger partial charge >= 0.3 is 0 Å². The van der Waals surface area contributed by atoms with Crippen molar-refractivity contribution in [1.29, 1.82) is 0 Å². The van der Waals surface area contributed by atoms with E-state index >= 15 is 0 Å². The lowest BCUT2D eigenvalue weighted by atomic mass is 10.5. The molecule has 0 saturated carbocycles. The molecule has 0 radical (unpaired) electrons. The summed E-state index contributed by atoms with van der Waals surface area (Å²) in [5.41, 5.74) is 5.40. The minimum absolute atomic E-state index is 0.179. The van der Waals surface area contributed by atoms with Gasteiger partial charge in [-0.1, -0.05) is 22.5 Å². The Morgan fingerprint density at radius 3 is 2.73 bits per heavy atom. The van der Waals surface area contributed by atoms with Crippen molar-refractivity contribution >= 4 is 37.3 Å². The SMILES string of the molecule is C=C(Br)CNS(=O)(=O)c1ccc(CN)s1. The van der Waals surface area contributed by atoms with Crippen molar-refractivity contribution in [3.8, 4) is 0 Å². The zero-order valence-corrected chi connectivity index (χ0v) is 11.1. The predicted molar refractivity (Wildman–Crippen MR) is 65.5 cm³/mol. The standard InChI is InChI=1S/C8H11BrN2O2S2/c1-6(9)5-11-15(12,13)8-3-2-7(4-10)14-8/h2-3,11H,1,4-5,10H2. The lowest BCUT2D eigenvalue weighted by molar-refractivity contribution is 0.587.